The van der Waals surface area contributed by atoms with Gasteiger partial charge in [-0.25, -0.2) is 4.98 Å². The quantitative estimate of drug-likeness (QED) is 0.938. The Morgan fingerprint density at radius 2 is 1.91 bits per heavy atom. The zero-order valence-electron chi connectivity index (χ0n) is 12.5. The Kier molecular flexibility index (Phi) is 4.50. The van der Waals surface area contributed by atoms with Gasteiger partial charge in [0.05, 0.1) is 11.6 Å². The van der Waals surface area contributed by atoms with E-state index >= 15 is 0 Å². The van der Waals surface area contributed by atoms with Crippen LogP contribution in [0, 0.1) is 11.3 Å². The molecule has 0 spiro atoms. The minimum absolute atomic E-state index is 0.567. The van der Waals surface area contributed by atoms with Gasteiger partial charge >= 0.3 is 0 Å². The molecule has 0 amide bonds. The Morgan fingerprint density at radius 1 is 1.09 bits per heavy atom. The van der Waals surface area contributed by atoms with Crippen molar-refractivity contribution in [1.29, 1.82) is 5.26 Å². The summed E-state index contributed by atoms with van der Waals surface area (Å²) in [7, 11) is 0. The molecule has 1 aromatic heterocycles. The molecule has 0 aliphatic carbocycles. The highest BCUT2D eigenvalue weighted by molar-refractivity contribution is 5.57. The van der Waals surface area contributed by atoms with Gasteiger partial charge in [-0.15, -0.1) is 0 Å². The van der Waals surface area contributed by atoms with Crippen LogP contribution in [0.3, 0.4) is 0 Å². The lowest BCUT2D eigenvalue weighted by Gasteiger charge is -2.21. The summed E-state index contributed by atoms with van der Waals surface area (Å²) < 4.78 is 0. The van der Waals surface area contributed by atoms with E-state index in [0.29, 0.717) is 11.5 Å². The monoisotopic (exact) mass is 293 g/mol. The van der Waals surface area contributed by atoms with E-state index in [4.69, 9.17) is 5.26 Å². The minimum Gasteiger partial charge on any atom is -0.356 e. The van der Waals surface area contributed by atoms with Crippen molar-refractivity contribution in [3.05, 3.63) is 42.1 Å². The molecule has 1 aromatic carbocycles. The number of aromatic nitrogens is 2. The molecule has 5 heteroatoms. The fourth-order valence-corrected chi connectivity index (χ4v) is 2.68. The second-order valence-electron chi connectivity index (χ2n) is 5.46. The summed E-state index contributed by atoms with van der Waals surface area (Å²) in [6, 6.07) is 11.4. The Balaban J connectivity index is 1.77. The van der Waals surface area contributed by atoms with Crippen LogP contribution in [0.5, 0.6) is 0 Å². The molecule has 1 fully saturated rings. The second-order valence-corrected chi connectivity index (χ2v) is 5.46. The molecule has 0 saturated carbocycles. The average molecular weight is 293 g/mol. The molecule has 0 unspecified atom stereocenters. The summed E-state index contributed by atoms with van der Waals surface area (Å²) in [6.45, 7) is 2.11. The maximum atomic E-state index is 8.95. The van der Waals surface area contributed by atoms with E-state index < -0.39 is 0 Å². The molecule has 0 bridgehead atoms. The number of anilines is 3. The fourth-order valence-electron chi connectivity index (χ4n) is 2.68. The zero-order chi connectivity index (χ0) is 15.2. The first-order valence-electron chi connectivity index (χ1n) is 7.70. The maximum absolute atomic E-state index is 8.95. The molecule has 1 aliphatic rings. The van der Waals surface area contributed by atoms with Gasteiger partial charge in [0.25, 0.3) is 0 Å². The van der Waals surface area contributed by atoms with Gasteiger partial charge in [0.2, 0.25) is 5.95 Å². The van der Waals surface area contributed by atoms with Crippen molar-refractivity contribution in [2.75, 3.05) is 23.3 Å². The summed E-state index contributed by atoms with van der Waals surface area (Å²) in [5, 5.41) is 12.1. The molecular formula is C17H19N5. The van der Waals surface area contributed by atoms with Crippen molar-refractivity contribution < 1.29 is 0 Å². The zero-order valence-corrected chi connectivity index (χ0v) is 12.5. The molecule has 1 aliphatic heterocycles. The topological polar surface area (TPSA) is 64.8 Å². The van der Waals surface area contributed by atoms with Crippen LogP contribution in [0.15, 0.2) is 36.5 Å². The standard InChI is InChI=1S/C17H19N5/c18-13-14-6-5-7-15(12-14)20-17-19-9-8-16(21-17)22-10-3-1-2-4-11-22/h5-9,12H,1-4,10-11H2,(H,19,20,21). The van der Waals surface area contributed by atoms with Gasteiger partial charge in [-0.2, -0.15) is 10.2 Å². The first-order chi connectivity index (χ1) is 10.8. The van der Waals surface area contributed by atoms with Crippen LogP contribution in [0.25, 0.3) is 0 Å². The van der Waals surface area contributed by atoms with Gasteiger partial charge in [-0.05, 0) is 37.1 Å². The normalized spacial score (nSPS) is 15.0. The smallest absolute Gasteiger partial charge is 0.229 e. The maximum Gasteiger partial charge on any atom is 0.229 e. The highest BCUT2D eigenvalue weighted by Gasteiger charge is 2.11. The molecule has 5 nitrogen and oxygen atoms in total. The van der Waals surface area contributed by atoms with E-state index in [-0.39, 0.29) is 0 Å². The Morgan fingerprint density at radius 3 is 2.68 bits per heavy atom. The predicted molar refractivity (Wildman–Crippen MR) is 87.2 cm³/mol. The van der Waals surface area contributed by atoms with Gasteiger partial charge in [0.15, 0.2) is 0 Å². The molecule has 1 N–H and O–H groups in total. The lowest BCUT2D eigenvalue weighted by molar-refractivity contribution is 0.726. The van der Waals surface area contributed by atoms with Crippen molar-refractivity contribution >= 4 is 17.5 Å². The molecule has 112 valence electrons. The molecule has 2 heterocycles. The third-order valence-corrected chi connectivity index (χ3v) is 3.82. The van der Waals surface area contributed by atoms with Crippen LogP contribution >= 0.6 is 0 Å². The SMILES string of the molecule is N#Cc1cccc(Nc2nccc(N3CCCCCC3)n2)c1. The fraction of sp³-hybridized carbons (Fsp3) is 0.353. The second kappa shape index (κ2) is 6.90. The van der Waals surface area contributed by atoms with Crippen LogP contribution in [0.4, 0.5) is 17.5 Å². The van der Waals surface area contributed by atoms with Crippen molar-refractivity contribution in [3.63, 3.8) is 0 Å². The van der Waals surface area contributed by atoms with Crippen molar-refractivity contribution in [2.45, 2.75) is 25.7 Å². The van der Waals surface area contributed by atoms with Crippen molar-refractivity contribution in [2.24, 2.45) is 0 Å². The minimum atomic E-state index is 0.567. The molecule has 22 heavy (non-hydrogen) atoms. The number of benzene rings is 1. The van der Waals surface area contributed by atoms with Crippen LogP contribution in [0.2, 0.25) is 0 Å². The van der Waals surface area contributed by atoms with E-state index in [2.05, 4.69) is 26.3 Å². The number of hydrogen-bond donors (Lipinski definition) is 1. The van der Waals surface area contributed by atoms with E-state index in [1.165, 1.54) is 25.7 Å². The van der Waals surface area contributed by atoms with Gasteiger partial charge in [-0.3, -0.25) is 0 Å². The van der Waals surface area contributed by atoms with Gasteiger partial charge in [0.1, 0.15) is 5.82 Å². The van der Waals surface area contributed by atoms with Crippen LogP contribution in [-0.2, 0) is 0 Å². The molecule has 1 saturated heterocycles. The predicted octanol–water partition coefficient (Wildman–Crippen LogP) is 3.47. The first kappa shape index (κ1) is 14.3. The molecule has 3 rings (SSSR count). The summed E-state index contributed by atoms with van der Waals surface area (Å²) in [6.07, 6.45) is 6.82. The Bertz CT molecular complexity index is 669. The number of hydrogen-bond acceptors (Lipinski definition) is 5. The number of rotatable bonds is 3. The van der Waals surface area contributed by atoms with Gasteiger partial charge in [0, 0.05) is 25.0 Å². The molecular weight excluding hydrogens is 274 g/mol. The third kappa shape index (κ3) is 3.53. The van der Waals surface area contributed by atoms with Crippen LogP contribution < -0.4 is 10.2 Å². The number of nitriles is 1. The molecule has 0 radical (unpaired) electrons. The first-order valence-corrected chi connectivity index (χ1v) is 7.70. The third-order valence-electron chi connectivity index (χ3n) is 3.82. The highest BCUT2D eigenvalue weighted by atomic mass is 15.2. The Hall–Kier alpha value is -2.61. The lowest BCUT2D eigenvalue weighted by Crippen LogP contribution is -2.25. The summed E-state index contributed by atoms with van der Waals surface area (Å²) in [4.78, 5) is 11.2. The van der Waals surface area contributed by atoms with E-state index in [9.17, 15) is 0 Å². The van der Waals surface area contributed by atoms with Crippen molar-refractivity contribution in [1.82, 2.24) is 9.97 Å². The van der Waals surface area contributed by atoms with Crippen LogP contribution in [-0.4, -0.2) is 23.1 Å². The summed E-state index contributed by atoms with van der Waals surface area (Å²) in [5.41, 5.74) is 1.45. The largest absolute Gasteiger partial charge is 0.356 e. The molecule has 0 atom stereocenters. The van der Waals surface area contributed by atoms with E-state index in [0.717, 1.165) is 24.6 Å². The van der Waals surface area contributed by atoms with E-state index in [1.54, 1.807) is 18.3 Å². The van der Waals surface area contributed by atoms with Gasteiger partial charge in [-0.1, -0.05) is 18.9 Å². The van der Waals surface area contributed by atoms with Crippen LogP contribution in [0.1, 0.15) is 31.2 Å². The van der Waals surface area contributed by atoms with Crippen molar-refractivity contribution in [3.8, 4) is 6.07 Å². The molecule has 2 aromatic rings. The lowest BCUT2D eigenvalue weighted by atomic mass is 10.2. The highest BCUT2D eigenvalue weighted by Crippen LogP contribution is 2.20. The average Bonchev–Trinajstić information content (AvgIpc) is 2.84. The van der Waals surface area contributed by atoms with E-state index in [1.807, 2.05) is 18.2 Å². The Labute approximate surface area is 130 Å². The van der Waals surface area contributed by atoms with Gasteiger partial charge < -0.3 is 10.2 Å². The number of nitrogens with one attached hydrogen (secondary N) is 1. The summed E-state index contributed by atoms with van der Waals surface area (Å²) in [5.74, 6) is 1.53. The number of nitrogens with zero attached hydrogens (tertiary/aromatic N) is 4. The summed E-state index contributed by atoms with van der Waals surface area (Å²) >= 11 is 0.